The van der Waals surface area contributed by atoms with Crippen LogP contribution in [0.25, 0.3) is 11.3 Å². The van der Waals surface area contributed by atoms with Crippen molar-refractivity contribution in [3.05, 3.63) is 77.1 Å². The average Bonchev–Trinajstić information content (AvgIpc) is 2.81. The lowest BCUT2D eigenvalue weighted by Crippen LogP contribution is -2.19. The molecule has 0 radical (unpaired) electrons. The summed E-state index contributed by atoms with van der Waals surface area (Å²) in [6.45, 7) is 0. The number of hydrogen-bond donors (Lipinski definition) is 4. The van der Waals surface area contributed by atoms with Gasteiger partial charge in [-0.3, -0.25) is 0 Å². The van der Waals surface area contributed by atoms with Gasteiger partial charge < -0.3 is 39.4 Å². The van der Waals surface area contributed by atoms with Gasteiger partial charge in [0, 0.05) is 28.8 Å². The minimum atomic E-state index is -0.971. The zero-order valence-corrected chi connectivity index (χ0v) is 17.7. The first-order valence-electron chi connectivity index (χ1n) is 10.0. The maximum atomic E-state index is 11.3. The van der Waals surface area contributed by atoms with Gasteiger partial charge in [-0.25, -0.2) is 0 Å². The molecular weight excluding hydrogens is 428 g/mol. The number of benzene rings is 3. The molecule has 0 fully saturated rings. The van der Waals surface area contributed by atoms with Crippen molar-refractivity contribution in [2.45, 2.75) is 6.10 Å². The third-order valence-electron chi connectivity index (χ3n) is 5.54. The van der Waals surface area contributed by atoms with Crippen LogP contribution in [0, 0.1) is 0 Å². The Hall–Kier alpha value is -4.46. The maximum Gasteiger partial charge on any atom is 0.200 e. The molecule has 8 heteroatoms. The molecule has 2 heterocycles. The van der Waals surface area contributed by atoms with Crippen LogP contribution in [0.15, 0.2) is 60.4 Å². The Morgan fingerprint density at radius 2 is 1.42 bits per heavy atom. The third kappa shape index (κ3) is 3.32. The van der Waals surface area contributed by atoms with Crippen molar-refractivity contribution in [1.82, 2.24) is 0 Å². The number of aromatic hydroxyl groups is 3. The summed E-state index contributed by atoms with van der Waals surface area (Å²) in [4.78, 5) is 0. The van der Waals surface area contributed by atoms with E-state index in [1.807, 2.05) is 0 Å². The molecule has 4 N–H and O–H groups in total. The quantitative estimate of drug-likeness (QED) is 0.455. The molecule has 168 valence electrons. The van der Waals surface area contributed by atoms with Crippen LogP contribution < -0.4 is 18.9 Å². The molecule has 0 saturated carbocycles. The normalized spacial score (nSPS) is 16.3. The van der Waals surface area contributed by atoms with Crippen LogP contribution in [0.5, 0.6) is 40.2 Å². The van der Waals surface area contributed by atoms with Gasteiger partial charge in [0.1, 0.15) is 34.5 Å². The number of phenolic OH excluding ortho intramolecular Hbond substituents is 3. The van der Waals surface area contributed by atoms with E-state index >= 15 is 0 Å². The number of phenols is 3. The predicted octanol–water partition coefficient (Wildman–Crippen LogP) is 4.66. The lowest BCUT2D eigenvalue weighted by molar-refractivity contribution is 0.171. The van der Waals surface area contributed by atoms with E-state index in [0.29, 0.717) is 39.5 Å². The van der Waals surface area contributed by atoms with E-state index in [2.05, 4.69) is 0 Å². The molecule has 1 atom stereocenters. The molecule has 2 aliphatic heterocycles. The van der Waals surface area contributed by atoms with Gasteiger partial charge in [0.25, 0.3) is 0 Å². The summed E-state index contributed by atoms with van der Waals surface area (Å²) in [7, 11) is 2.81. The van der Waals surface area contributed by atoms with Gasteiger partial charge >= 0.3 is 0 Å². The van der Waals surface area contributed by atoms with E-state index in [-0.39, 0.29) is 34.5 Å². The number of aliphatic hydroxyl groups is 1. The van der Waals surface area contributed by atoms with Crippen molar-refractivity contribution in [3.8, 4) is 40.2 Å². The molecule has 8 nitrogen and oxygen atoms in total. The summed E-state index contributed by atoms with van der Waals surface area (Å²) in [5.74, 6) is 1.13. The minimum Gasteiger partial charge on any atom is -0.508 e. The van der Waals surface area contributed by atoms with Gasteiger partial charge in [-0.05, 0) is 42.5 Å². The molecule has 3 aromatic rings. The standard InChI is InChI=1S/C25H20O8/c1-30-20-7-13(8-21(31-2)24(20)29)25-23(28)16-11-17(12-3-5-14(26)6-4-12)32-18-9-15(27)10-19(33-25)22(16)18/h3-11,25-29H,1-2H3. The van der Waals surface area contributed by atoms with E-state index < -0.39 is 6.10 Å². The van der Waals surface area contributed by atoms with Crippen LogP contribution in [-0.2, 0) is 0 Å². The Balaban J connectivity index is 1.70. The Labute approximate surface area is 188 Å². The number of ether oxygens (including phenoxy) is 4. The van der Waals surface area contributed by atoms with Gasteiger partial charge in [-0.1, -0.05) is 0 Å². The highest BCUT2D eigenvalue weighted by Gasteiger charge is 2.35. The van der Waals surface area contributed by atoms with Crippen molar-refractivity contribution >= 4 is 11.3 Å². The number of methoxy groups -OCH3 is 2. The van der Waals surface area contributed by atoms with Gasteiger partial charge in [0.2, 0.25) is 5.75 Å². The number of rotatable bonds is 4. The monoisotopic (exact) mass is 448 g/mol. The fraction of sp³-hybridized carbons (Fsp3) is 0.120. The fourth-order valence-electron chi connectivity index (χ4n) is 3.95. The van der Waals surface area contributed by atoms with E-state index in [1.165, 1.54) is 50.6 Å². The Morgan fingerprint density at radius 3 is 2.06 bits per heavy atom. The molecule has 33 heavy (non-hydrogen) atoms. The highest BCUT2D eigenvalue weighted by molar-refractivity contribution is 5.93. The Kier molecular flexibility index (Phi) is 4.70. The van der Waals surface area contributed by atoms with Gasteiger partial charge in [-0.15, -0.1) is 0 Å². The number of hydrogen-bond acceptors (Lipinski definition) is 8. The molecule has 2 aliphatic rings. The molecule has 0 amide bonds. The van der Waals surface area contributed by atoms with Gasteiger partial charge in [0.05, 0.1) is 19.8 Å². The summed E-state index contributed by atoms with van der Waals surface area (Å²) < 4.78 is 22.5. The van der Waals surface area contributed by atoms with Crippen LogP contribution >= 0.6 is 0 Å². The first kappa shape index (κ1) is 20.4. The van der Waals surface area contributed by atoms with E-state index in [0.717, 1.165) is 0 Å². The molecule has 0 aliphatic carbocycles. The second-order valence-electron chi connectivity index (χ2n) is 7.55. The van der Waals surface area contributed by atoms with Crippen LogP contribution in [0.2, 0.25) is 0 Å². The number of allylic oxidation sites excluding steroid dienone is 2. The van der Waals surface area contributed by atoms with Crippen molar-refractivity contribution in [1.29, 1.82) is 0 Å². The summed E-state index contributed by atoms with van der Waals surface area (Å²) >= 11 is 0. The summed E-state index contributed by atoms with van der Waals surface area (Å²) in [5, 5.41) is 41.4. The Morgan fingerprint density at radius 1 is 0.788 bits per heavy atom. The van der Waals surface area contributed by atoms with Gasteiger partial charge in [0.15, 0.2) is 17.6 Å². The first-order valence-corrected chi connectivity index (χ1v) is 10.0. The topological polar surface area (TPSA) is 118 Å². The molecule has 5 rings (SSSR count). The van der Waals surface area contributed by atoms with Gasteiger partial charge in [-0.2, -0.15) is 0 Å². The zero-order chi connectivity index (χ0) is 23.3. The van der Waals surface area contributed by atoms with Crippen LogP contribution in [0.4, 0.5) is 0 Å². The maximum absolute atomic E-state index is 11.3. The highest BCUT2D eigenvalue weighted by Crippen LogP contribution is 2.52. The molecular formula is C25H20O8. The van der Waals surface area contributed by atoms with Crippen molar-refractivity contribution in [2.75, 3.05) is 14.2 Å². The summed E-state index contributed by atoms with van der Waals surface area (Å²) in [6, 6.07) is 12.4. The third-order valence-corrected chi connectivity index (χ3v) is 5.54. The minimum absolute atomic E-state index is 0.0731. The smallest absolute Gasteiger partial charge is 0.200 e. The van der Waals surface area contributed by atoms with E-state index in [1.54, 1.807) is 18.2 Å². The van der Waals surface area contributed by atoms with Crippen molar-refractivity contribution in [2.24, 2.45) is 0 Å². The fourth-order valence-corrected chi connectivity index (χ4v) is 3.95. The second kappa shape index (κ2) is 7.59. The first-order chi connectivity index (χ1) is 15.9. The van der Waals surface area contributed by atoms with E-state index in [9.17, 15) is 20.4 Å². The predicted molar refractivity (Wildman–Crippen MR) is 119 cm³/mol. The highest BCUT2D eigenvalue weighted by atomic mass is 16.5. The Bertz CT molecular complexity index is 1300. The lowest BCUT2D eigenvalue weighted by Gasteiger charge is -2.32. The molecule has 3 aromatic carbocycles. The molecule has 1 unspecified atom stereocenters. The lowest BCUT2D eigenvalue weighted by atomic mass is 9.91. The molecule has 0 saturated heterocycles. The molecule has 0 spiro atoms. The van der Waals surface area contributed by atoms with Crippen molar-refractivity contribution < 1.29 is 39.4 Å². The SMILES string of the molecule is COc1cc(C2Oc3cc(O)cc4c3C(=C2O)C=C(c2ccc(O)cc2)O4)cc(OC)c1O. The van der Waals surface area contributed by atoms with Crippen LogP contribution in [-0.4, -0.2) is 34.6 Å². The largest absolute Gasteiger partial charge is 0.508 e. The number of aliphatic hydroxyl groups excluding tert-OH is 1. The summed E-state index contributed by atoms with van der Waals surface area (Å²) in [6.07, 6.45) is 0.704. The van der Waals surface area contributed by atoms with Crippen molar-refractivity contribution in [3.63, 3.8) is 0 Å². The molecule has 0 bridgehead atoms. The van der Waals surface area contributed by atoms with Crippen LogP contribution in [0.1, 0.15) is 22.8 Å². The molecule has 0 aromatic heterocycles. The van der Waals surface area contributed by atoms with Crippen LogP contribution in [0.3, 0.4) is 0 Å². The second-order valence-corrected chi connectivity index (χ2v) is 7.55. The average molecular weight is 448 g/mol. The summed E-state index contributed by atoms with van der Waals surface area (Å²) in [5.41, 5.74) is 2.09. The van der Waals surface area contributed by atoms with E-state index in [4.69, 9.17) is 18.9 Å². The zero-order valence-electron chi connectivity index (χ0n) is 17.7.